The summed E-state index contributed by atoms with van der Waals surface area (Å²) >= 11 is 0. The highest BCUT2D eigenvalue weighted by Gasteiger charge is 2.23. The molecule has 9 heteroatoms. The smallest absolute Gasteiger partial charge is 0.254 e. The number of carbonyl (C=O) groups is 2. The van der Waals surface area contributed by atoms with Crippen molar-refractivity contribution < 1.29 is 24.5 Å². The number of allylic oxidation sites excluding steroid dienone is 1. The highest BCUT2D eigenvalue weighted by atomic mass is 16.5. The maximum absolute atomic E-state index is 11.6. The summed E-state index contributed by atoms with van der Waals surface area (Å²) in [5.41, 5.74) is 3.89. The molecule has 1 heterocycles. The number of amides is 2. The molecule has 0 aliphatic rings. The Balaban J connectivity index is 0.000000305. The average Bonchev–Trinajstić information content (AvgIpc) is 2.96. The van der Waals surface area contributed by atoms with Crippen molar-refractivity contribution in [1.29, 1.82) is 0 Å². The Morgan fingerprint density at radius 1 is 1.05 bits per heavy atom. The third-order valence-electron chi connectivity index (χ3n) is 5.79. The van der Waals surface area contributed by atoms with Crippen LogP contribution in [0.15, 0.2) is 85.2 Å². The summed E-state index contributed by atoms with van der Waals surface area (Å²) in [6.07, 6.45) is 4.49. The second kappa shape index (κ2) is 17.4. The Morgan fingerprint density at radius 3 is 2.40 bits per heavy atom. The van der Waals surface area contributed by atoms with Crippen molar-refractivity contribution in [2.45, 2.75) is 58.6 Å². The molecule has 2 amide bonds. The molecule has 3 atom stereocenters. The van der Waals surface area contributed by atoms with Crippen molar-refractivity contribution in [2.75, 3.05) is 12.4 Å². The Bertz CT molecular complexity index is 1190. The molecular formula is C31H40N4O5. The van der Waals surface area contributed by atoms with Gasteiger partial charge in [-0.3, -0.25) is 14.6 Å². The van der Waals surface area contributed by atoms with Crippen LogP contribution in [0.3, 0.4) is 0 Å². The standard InChI is InChI=1S/C20H24N2O2.C11H16N2O3/c1-3-11-21-19-10-9-18(12-16(2)22-15-23)13-20(19)24-14-17-7-5-4-6-8-17;1-8(14)10(15)11(16)13(2)7-9-5-3-4-6-12-9/h3-11,13,15-16,21H,12,14H2,1-2H3,(H,22,23);3-6,8,10,14-15H,7H2,1-2H3/b11-3-;/t16-;8-,10+/m10/s1. The Kier molecular flexibility index (Phi) is 13.9. The number of aromatic nitrogens is 1. The normalized spacial score (nSPS) is 12.8. The Morgan fingerprint density at radius 2 is 1.77 bits per heavy atom. The van der Waals surface area contributed by atoms with E-state index in [1.165, 1.54) is 11.8 Å². The van der Waals surface area contributed by atoms with E-state index in [1.54, 1.807) is 25.4 Å². The molecule has 2 aromatic carbocycles. The van der Waals surface area contributed by atoms with E-state index in [1.807, 2.05) is 80.7 Å². The van der Waals surface area contributed by atoms with Gasteiger partial charge in [-0.2, -0.15) is 0 Å². The Labute approximate surface area is 236 Å². The minimum Gasteiger partial charge on any atom is -0.487 e. The van der Waals surface area contributed by atoms with Gasteiger partial charge in [-0.1, -0.05) is 48.5 Å². The molecule has 0 unspecified atom stereocenters. The number of likely N-dealkylation sites (N-methyl/N-ethyl adjacent to an activating group) is 1. The molecule has 9 nitrogen and oxygen atoms in total. The zero-order chi connectivity index (χ0) is 29.3. The number of pyridine rings is 1. The van der Waals surface area contributed by atoms with Crippen molar-refractivity contribution in [3.63, 3.8) is 0 Å². The van der Waals surface area contributed by atoms with E-state index < -0.39 is 18.1 Å². The fourth-order valence-corrected chi connectivity index (χ4v) is 3.61. The lowest BCUT2D eigenvalue weighted by atomic mass is 10.1. The van der Waals surface area contributed by atoms with E-state index in [9.17, 15) is 14.7 Å². The maximum Gasteiger partial charge on any atom is 0.254 e. The lowest BCUT2D eigenvalue weighted by Crippen LogP contribution is -2.41. The van der Waals surface area contributed by atoms with Crippen LogP contribution in [-0.2, 0) is 29.2 Å². The van der Waals surface area contributed by atoms with E-state index in [0.717, 1.165) is 41.1 Å². The van der Waals surface area contributed by atoms with Gasteiger partial charge in [0, 0.05) is 19.3 Å². The van der Waals surface area contributed by atoms with Crippen LogP contribution < -0.4 is 15.4 Å². The van der Waals surface area contributed by atoms with Crippen LogP contribution in [0.25, 0.3) is 0 Å². The number of nitrogens with one attached hydrogen (secondary N) is 2. The number of ether oxygens (including phenoxy) is 1. The number of rotatable bonds is 13. The van der Waals surface area contributed by atoms with Crippen LogP contribution in [0.1, 0.15) is 37.6 Å². The van der Waals surface area contributed by atoms with E-state index in [0.29, 0.717) is 13.2 Å². The molecular weight excluding hydrogens is 508 g/mol. The molecule has 0 fully saturated rings. The van der Waals surface area contributed by atoms with Crippen LogP contribution >= 0.6 is 0 Å². The van der Waals surface area contributed by atoms with Gasteiger partial charge in [0.15, 0.2) is 6.10 Å². The van der Waals surface area contributed by atoms with Crippen molar-refractivity contribution in [3.05, 3.63) is 102 Å². The lowest BCUT2D eigenvalue weighted by Gasteiger charge is -2.21. The van der Waals surface area contributed by atoms with Gasteiger partial charge in [-0.15, -0.1) is 0 Å². The van der Waals surface area contributed by atoms with Crippen LogP contribution in [0.2, 0.25) is 0 Å². The van der Waals surface area contributed by atoms with Gasteiger partial charge in [0.2, 0.25) is 6.41 Å². The Hall–Kier alpha value is -4.21. The molecule has 0 saturated heterocycles. The van der Waals surface area contributed by atoms with Gasteiger partial charge in [0.1, 0.15) is 12.4 Å². The van der Waals surface area contributed by atoms with Gasteiger partial charge >= 0.3 is 0 Å². The first-order valence-electron chi connectivity index (χ1n) is 13.1. The molecule has 40 heavy (non-hydrogen) atoms. The predicted octanol–water partition coefficient (Wildman–Crippen LogP) is 3.67. The number of benzene rings is 2. The van der Waals surface area contributed by atoms with Gasteiger partial charge in [-0.25, -0.2) is 0 Å². The number of hydrogen-bond donors (Lipinski definition) is 4. The lowest BCUT2D eigenvalue weighted by molar-refractivity contribution is -0.144. The van der Waals surface area contributed by atoms with Gasteiger partial charge in [0.05, 0.1) is 24.0 Å². The van der Waals surface area contributed by atoms with Gasteiger partial charge in [-0.05, 0) is 68.8 Å². The zero-order valence-electron chi connectivity index (χ0n) is 23.5. The third-order valence-corrected chi connectivity index (χ3v) is 5.79. The predicted molar refractivity (Wildman–Crippen MR) is 156 cm³/mol. The van der Waals surface area contributed by atoms with Crippen molar-refractivity contribution in [1.82, 2.24) is 15.2 Å². The molecule has 0 saturated carbocycles. The summed E-state index contributed by atoms with van der Waals surface area (Å²) in [5, 5.41) is 24.5. The molecule has 0 spiro atoms. The van der Waals surface area contributed by atoms with E-state index in [4.69, 9.17) is 9.84 Å². The molecule has 0 bridgehead atoms. The monoisotopic (exact) mass is 548 g/mol. The highest BCUT2D eigenvalue weighted by Crippen LogP contribution is 2.27. The highest BCUT2D eigenvalue weighted by molar-refractivity contribution is 5.80. The molecule has 214 valence electrons. The minimum absolute atomic E-state index is 0.0822. The number of aliphatic hydroxyl groups is 2. The maximum atomic E-state index is 11.6. The number of nitrogens with zero attached hydrogens (tertiary/aromatic N) is 2. The number of carbonyl (C=O) groups excluding carboxylic acids is 2. The van der Waals surface area contributed by atoms with Gasteiger partial charge < -0.3 is 30.5 Å². The minimum atomic E-state index is -1.38. The first-order valence-corrected chi connectivity index (χ1v) is 13.1. The number of aliphatic hydroxyl groups excluding tert-OH is 2. The van der Waals surface area contributed by atoms with Crippen LogP contribution in [0.5, 0.6) is 5.75 Å². The average molecular weight is 549 g/mol. The fourth-order valence-electron chi connectivity index (χ4n) is 3.61. The molecule has 4 N–H and O–H groups in total. The molecule has 0 aliphatic carbocycles. The number of hydrogen-bond acceptors (Lipinski definition) is 7. The zero-order valence-corrected chi connectivity index (χ0v) is 23.5. The topological polar surface area (TPSA) is 124 Å². The largest absolute Gasteiger partial charge is 0.487 e. The van der Waals surface area contributed by atoms with E-state index in [2.05, 4.69) is 15.6 Å². The fraction of sp³-hybridized carbons (Fsp3) is 0.323. The summed E-state index contributed by atoms with van der Waals surface area (Å²) in [4.78, 5) is 27.5. The second-order valence-corrected chi connectivity index (χ2v) is 9.34. The quantitative estimate of drug-likeness (QED) is 0.240. The summed E-state index contributed by atoms with van der Waals surface area (Å²) in [5.74, 6) is 0.286. The van der Waals surface area contributed by atoms with Crippen LogP contribution in [0.4, 0.5) is 5.69 Å². The van der Waals surface area contributed by atoms with Crippen molar-refractivity contribution in [2.24, 2.45) is 0 Å². The summed E-state index contributed by atoms with van der Waals surface area (Å²) < 4.78 is 6.02. The van der Waals surface area contributed by atoms with Crippen LogP contribution in [-0.4, -0.2) is 57.7 Å². The van der Waals surface area contributed by atoms with E-state index in [-0.39, 0.29) is 6.04 Å². The van der Waals surface area contributed by atoms with Crippen molar-refractivity contribution in [3.8, 4) is 5.75 Å². The molecule has 0 radical (unpaired) electrons. The molecule has 0 aliphatic heterocycles. The second-order valence-electron chi connectivity index (χ2n) is 9.34. The summed E-state index contributed by atoms with van der Waals surface area (Å²) in [6.45, 7) is 6.13. The third kappa shape index (κ3) is 11.3. The van der Waals surface area contributed by atoms with Gasteiger partial charge in [0.25, 0.3) is 5.91 Å². The molecule has 3 aromatic rings. The first kappa shape index (κ1) is 32.0. The van der Waals surface area contributed by atoms with E-state index >= 15 is 0 Å². The number of anilines is 1. The van der Waals surface area contributed by atoms with Crippen molar-refractivity contribution >= 4 is 18.0 Å². The molecule has 1 aromatic heterocycles. The summed E-state index contributed by atoms with van der Waals surface area (Å²) in [6, 6.07) is 21.6. The molecule has 3 rings (SSSR count). The SMILES string of the molecule is C/C=C\Nc1ccc(C[C@@H](C)NC=O)cc1OCc1ccccc1.C[C@H](O)[C@@H](O)C(=O)N(C)Cc1ccccn1. The summed E-state index contributed by atoms with van der Waals surface area (Å²) in [7, 11) is 1.56. The first-order chi connectivity index (χ1) is 19.2. The van der Waals surface area contributed by atoms with Crippen LogP contribution in [0, 0.1) is 0 Å².